The molecule has 1 heterocycles. The van der Waals surface area contributed by atoms with Crippen LogP contribution in [0.15, 0.2) is 24.4 Å². The Hall–Kier alpha value is -2.01. The number of hydrogen-bond acceptors (Lipinski definition) is 3. The van der Waals surface area contributed by atoms with Crippen molar-refractivity contribution in [2.24, 2.45) is 0 Å². The van der Waals surface area contributed by atoms with Crippen molar-refractivity contribution in [2.45, 2.75) is 6.92 Å². The van der Waals surface area contributed by atoms with Crippen LogP contribution in [0.3, 0.4) is 0 Å². The van der Waals surface area contributed by atoms with Gasteiger partial charge in [-0.05, 0) is 25.1 Å². The quantitative estimate of drug-likeness (QED) is 0.801. The summed E-state index contributed by atoms with van der Waals surface area (Å²) < 4.78 is 1.56. The van der Waals surface area contributed by atoms with E-state index in [1.165, 1.54) is 6.07 Å². The second-order valence-corrected chi connectivity index (χ2v) is 3.99. The van der Waals surface area contributed by atoms with Crippen LogP contribution in [0.2, 0.25) is 5.02 Å². The molecule has 0 bridgehead atoms. The van der Waals surface area contributed by atoms with Crippen LogP contribution in [-0.4, -0.2) is 20.9 Å². The highest BCUT2D eigenvalue weighted by Gasteiger charge is 2.10. The predicted molar refractivity (Wildman–Crippen MR) is 64.7 cm³/mol. The summed E-state index contributed by atoms with van der Waals surface area (Å²) in [6.45, 7) is 1.79. The lowest BCUT2D eigenvalue weighted by Gasteiger charge is -2.05. The minimum Gasteiger partial charge on any atom is -0.478 e. The summed E-state index contributed by atoms with van der Waals surface area (Å²) in [5.41, 5.74) is 7.29. The first-order chi connectivity index (χ1) is 7.99. The van der Waals surface area contributed by atoms with Crippen LogP contribution in [0.25, 0.3) is 5.69 Å². The molecule has 6 heteroatoms. The lowest BCUT2D eigenvalue weighted by Crippen LogP contribution is -2.04. The first kappa shape index (κ1) is 11.5. The van der Waals surface area contributed by atoms with Gasteiger partial charge in [-0.1, -0.05) is 11.6 Å². The Labute approximate surface area is 102 Å². The van der Waals surface area contributed by atoms with Crippen molar-refractivity contribution in [3.8, 4) is 5.69 Å². The van der Waals surface area contributed by atoms with Crippen LogP contribution in [0.4, 0.5) is 5.69 Å². The number of aromatic nitrogens is 2. The van der Waals surface area contributed by atoms with Crippen molar-refractivity contribution in [2.75, 3.05) is 5.73 Å². The summed E-state index contributed by atoms with van der Waals surface area (Å²) in [5, 5.41) is 13.6. The zero-order chi connectivity index (χ0) is 12.6. The zero-order valence-corrected chi connectivity index (χ0v) is 9.77. The van der Waals surface area contributed by atoms with Crippen molar-refractivity contribution in [1.29, 1.82) is 0 Å². The highest BCUT2D eigenvalue weighted by Crippen LogP contribution is 2.20. The van der Waals surface area contributed by atoms with Gasteiger partial charge in [-0.25, -0.2) is 9.48 Å². The lowest BCUT2D eigenvalue weighted by atomic mass is 10.1. The summed E-state index contributed by atoms with van der Waals surface area (Å²) in [6.07, 6.45) is 1.64. The minimum atomic E-state index is -1.05. The molecule has 0 fully saturated rings. The molecule has 0 radical (unpaired) electrons. The van der Waals surface area contributed by atoms with Gasteiger partial charge >= 0.3 is 5.97 Å². The van der Waals surface area contributed by atoms with Gasteiger partial charge in [0.25, 0.3) is 0 Å². The van der Waals surface area contributed by atoms with Crippen LogP contribution < -0.4 is 5.73 Å². The van der Waals surface area contributed by atoms with E-state index in [1.54, 1.807) is 29.9 Å². The molecule has 0 aliphatic heterocycles. The smallest absolute Gasteiger partial charge is 0.337 e. The van der Waals surface area contributed by atoms with E-state index in [2.05, 4.69) is 5.10 Å². The molecule has 1 aromatic heterocycles. The normalized spacial score (nSPS) is 10.5. The monoisotopic (exact) mass is 251 g/mol. The number of carboxylic acid groups (broad SMARTS) is 1. The second kappa shape index (κ2) is 4.10. The third-order valence-electron chi connectivity index (χ3n) is 2.37. The summed E-state index contributed by atoms with van der Waals surface area (Å²) in [4.78, 5) is 10.8. The number of carbonyl (C=O) groups is 1. The maximum Gasteiger partial charge on any atom is 0.337 e. The van der Waals surface area contributed by atoms with E-state index in [4.69, 9.17) is 22.4 Å². The van der Waals surface area contributed by atoms with Gasteiger partial charge in [-0.15, -0.1) is 0 Å². The Morgan fingerprint density at radius 1 is 1.53 bits per heavy atom. The molecule has 0 saturated heterocycles. The van der Waals surface area contributed by atoms with Gasteiger partial charge in [-0.3, -0.25) is 0 Å². The fourth-order valence-electron chi connectivity index (χ4n) is 1.46. The number of carboxylic acids is 1. The zero-order valence-electron chi connectivity index (χ0n) is 9.01. The maximum atomic E-state index is 10.8. The highest BCUT2D eigenvalue weighted by molar-refractivity contribution is 6.31. The number of aryl methyl sites for hydroxylation is 1. The second-order valence-electron chi connectivity index (χ2n) is 3.58. The average molecular weight is 252 g/mol. The third-order valence-corrected chi connectivity index (χ3v) is 2.74. The van der Waals surface area contributed by atoms with Gasteiger partial charge in [-0.2, -0.15) is 5.10 Å². The molecule has 0 aliphatic rings. The minimum absolute atomic E-state index is 0.0729. The Bertz CT molecular complexity index is 573. The molecule has 2 aromatic rings. The molecular formula is C11H10ClN3O2. The number of rotatable bonds is 2. The molecule has 1 aromatic carbocycles. The van der Waals surface area contributed by atoms with Crippen molar-refractivity contribution in [3.05, 3.63) is 40.7 Å². The van der Waals surface area contributed by atoms with E-state index in [-0.39, 0.29) is 11.3 Å². The van der Waals surface area contributed by atoms with E-state index in [9.17, 15) is 4.79 Å². The van der Waals surface area contributed by atoms with E-state index in [0.29, 0.717) is 16.4 Å². The first-order valence-corrected chi connectivity index (χ1v) is 5.22. The highest BCUT2D eigenvalue weighted by atomic mass is 35.5. The standard InChI is InChI=1S/C11H10ClN3O2/c1-6-9(12)5-15(14-6)7-2-3-8(11(16)17)10(13)4-7/h2-5H,13H2,1H3,(H,16,17). The topological polar surface area (TPSA) is 81.1 Å². The number of nitrogens with zero attached hydrogens (tertiary/aromatic N) is 2. The average Bonchev–Trinajstić information content (AvgIpc) is 2.58. The number of aromatic carboxylic acids is 1. The van der Waals surface area contributed by atoms with Crippen LogP contribution in [0, 0.1) is 6.92 Å². The Morgan fingerprint density at radius 2 is 2.24 bits per heavy atom. The molecule has 17 heavy (non-hydrogen) atoms. The maximum absolute atomic E-state index is 10.8. The molecule has 0 spiro atoms. The van der Waals surface area contributed by atoms with E-state index < -0.39 is 5.97 Å². The molecule has 0 amide bonds. The summed E-state index contributed by atoms with van der Waals surface area (Å²) in [5.74, 6) is -1.05. The Balaban J connectivity index is 2.47. The number of nitrogen functional groups attached to an aromatic ring is 1. The van der Waals surface area contributed by atoms with E-state index >= 15 is 0 Å². The Morgan fingerprint density at radius 3 is 2.71 bits per heavy atom. The van der Waals surface area contributed by atoms with Crippen LogP contribution in [0.1, 0.15) is 16.1 Å². The fourth-order valence-corrected chi connectivity index (χ4v) is 1.59. The SMILES string of the molecule is Cc1nn(-c2ccc(C(=O)O)c(N)c2)cc1Cl. The van der Waals surface area contributed by atoms with Crippen LogP contribution >= 0.6 is 11.6 Å². The molecule has 0 aliphatic carbocycles. The molecule has 5 nitrogen and oxygen atoms in total. The van der Waals surface area contributed by atoms with Gasteiger partial charge in [0, 0.05) is 11.9 Å². The number of halogens is 1. The lowest BCUT2D eigenvalue weighted by molar-refractivity contribution is 0.0698. The molecule has 3 N–H and O–H groups in total. The fraction of sp³-hybridized carbons (Fsp3) is 0.0909. The summed E-state index contributed by atoms with van der Waals surface area (Å²) in [7, 11) is 0. The number of benzene rings is 1. The van der Waals surface area contributed by atoms with E-state index in [0.717, 1.165) is 0 Å². The molecule has 0 atom stereocenters. The van der Waals surface area contributed by atoms with Crippen molar-refractivity contribution < 1.29 is 9.90 Å². The number of hydrogen-bond donors (Lipinski definition) is 2. The van der Waals surface area contributed by atoms with Crippen molar-refractivity contribution in [3.63, 3.8) is 0 Å². The molecule has 0 saturated carbocycles. The van der Waals surface area contributed by atoms with Crippen LogP contribution in [-0.2, 0) is 0 Å². The molecule has 0 unspecified atom stereocenters. The Kier molecular flexibility index (Phi) is 2.77. The number of anilines is 1. The van der Waals surface area contributed by atoms with Crippen LogP contribution in [0.5, 0.6) is 0 Å². The van der Waals surface area contributed by atoms with Gasteiger partial charge in [0.2, 0.25) is 0 Å². The van der Waals surface area contributed by atoms with Gasteiger partial charge in [0.1, 0.15) is 0 Å². The largest absolute Gasteiger partial charge is 0.478 e. The summed E-state index contributed by atoms with van der Waals surface area (Å²) >= 11 is 5.89. The van der Waals surface area contributed by atoms with Gasteiger partial charge in [0.05, 0.1) is 22.0 Å². The predicted octanol–water partition coefficient (Wildman–Crippen LogP) is 2.11. The van der Waals surface area contributed by atoms with Gasteiger partial charge in [0.15, 0.2) is 0 Å². The summed E-state index contributed by atoms with van der Waals surface area (Å²) in [6, 6.07) is 4.62. The first-order valence-electron chi connectivity index (χ1n) is 4.84. The van der Waals surface area contributed by atoms with Crippen molar-refractivity contribution in [1.82, 2.24) is 9.78 Å². The molecule has 88 valence electrons. The van der Waals surface area contributed by atoms with Crippen molar-refractivity contribution >= 4 is 23.3 Å². The third kappa shape index (κ3) is 2.09. The molecule has 2 rings (SSSR count). The van der Waals surface area contributed by atoms with Gasteiger partial charge < -0.3 is 10.8 Å². The number of nitrogens with two attached hydrogens (primary N) is 1. The van der Waals surface area contributed by atoms with E-state index in [1.807, 2.05) is 0 Å². The molecular weight excluding hydrogens is 242 g/mol.